The fourth-order valence-electron chi connectivity index (χ4n) is 2.56. The van der Waals surface area contributed by atoms with E-state index >= 15 is 0 Å². The number of fused-ring (bicyclic) bond motifs is 1. The van der Waals surface area contributed by atoms with Crippen LogP contribution in [0.15, 0.2) is 45.2 Å². The molecule has 0 aliphatic carbocycles. The molecule has 0 spiro atoms. The first-order valence-corrected chi connectivity index (χ1v) is 7.86. The second-order valence-corrected chi connectivity index (χ2v) is 5.79. The summed E-state index contributed by atoms with van der Waals surface area (Å²) in [5.74, 6) is 1.31. The first-order chi connectivity index (χ1) is 11.9. The molecule has 3 amide bonds. The van der Waals surface area contributed by atoms with Crippen molar-refractivity contribution >= 4 is 22.9 Å². The zero-order valence-corrected chi connectivity index (χ0v) is 14.2. The molecule has 0 radical (unpaired) electrons. The Labute approximate surface area is 144 Å². The molecule has 0 bridgehead atoms. The maximum absolute atomic E-state index is 12.0. The van der Waals surface area contributed by atoms with Gasteiger partial charge in [-0.05, 0) is 39.0 Å². The molecule has 2 aromatic heterocycles. The number of hydrogen-bond acceptors (Lipinski definition) is 4. The van der Waals surface area contributed by atoms with Crippen LogP contribution in [0.5, 0.6) is 0 Å². The van der Waals surface area contributed by atoms with Crippen molar-refractivity contribution in [3.05, 3.63) is 59.2 Å². The van der Waals surface area contributed by atoms with Gasteiger partial charge in [-0.2, -0.15) is 0 Å². The minimum absolute atomic E-state index is 0.359. The van der Waals surface area contributed by atoms with Gasteiger partial charge in [-0.15, -0.1) is 0 Å². The summed E-state index contributed by atoms with van der Waals surface area (Å²) < 4.78 is 11.0. The van der Waals surface area contributed by atoms with E-state index in [4.69, 9.17) is 8.83 Å². The number of benzene rings is 1. The highest BCUT2D eigenvalue weighted by Crippen LogP contribution is 2.23. The van der Waals surface area contributed by atoms with Gasteiger partial charge in [0.05, 0.1) is 11.6 Å². The van der Waals surface area contributed by atoms with Gasteiger partial charge in [0.2, 0.25) is 0 Å². The van der Waals surface area contributed by atoms with E-state index in [0.717, 1.165) is 11.0 Å². The van der Waals surface area contributed by atoms with Gasteiger partial charge in [-0.1, -0.05) is 18.2 Å². The first kappa shape index (κ1) is 16.6. The van der Waals surface area contributed by atoms with Gasteiger partial charge >= 0.3 is 6.03 Å². The summed E-state index contributed by atoms with van der Waals surface area (Å²) in [6.45, 7) is 5.23. The summed E-state index contributed by atoms with van der Waals surface area (Å²) in [7, 11) is 0. The molecule has 2 heterocycles. The molecule has 3 N–H and O–H groups in total. The monoisotopic (exact) mass is 341 g/mol. The lowest BCUT2D eigenvalue weighted by molar-refractivity contribution is 0.0934. The van der Waals surface area contributed by atoms with E-state index < -0.39 is 11.9 Å². The van der Waals surface area contributed by atoms with Gasteiger partial charge in [0, 0.05) is 5.39 Å². The van der Waals surface area contributed by atoms with Gasteiger partial charge in [0.1, 0.15) is 22.9 Å². The molecule has 25 heavy (non-hydrogen) atoms. The molecule has 3 rings (SSSR count). The Hall–Kier alpha value is -3.22. The molecule has 0 aliphatic heterocycles. The lowest BCUT2D eigenvalue weighted by Crippen LogP contribution is -2.47. The van der Waals surface area contributed by atoms with E-state index in [9.17, 15) is 9.59 Å². The molecular weight excluding hydrogens is 322 g/mol. The van der Waals surface area contributed by atoms with Crippen LogP contribution in [0.4, 0.5) is 4.79 Å². The summed E-state index contributed by atoms with van der Waals surface area (Å²) in [4.78, 5) is 24.0. The lowest BCUT2D eigenvalue weighted by Gasteiger charge is -2.13. The average Bonchev–Trinajstić information content (AvgIpc) is 3.15. The maximum Gasteiger partial charge on any atom is 0.334 e. The number of urea groups is 1. The number of furan rings is 2. The Kier molecular flexibility index (Phi) is 4.47. The van der Waals surface area contributed by atoms with Crippen molar-refractivity contribution in [3.8, 4) is 0 Å². The molecule has 130 valence electrons. The number of nitrogens with one attached hydrogen (secondary N) is 3. The van der Waals surface area contributed by atoms with Crippen LogP contribution < -0.4 is 16.2 Å². The molecule has 1 atom stereocenters. The van der Waals surface area contributed by atoms with Crippen molar-refractivity contribution in [2.24, 2.45) is 0 Å². The SMILES string of the molecule is Cc1cc(C(=O)NNC(=O)NC(C)c2cc3ccccc3o2)c(C)o1. The number of hydrazine groups is 1. The topological polar surface area (TPSA) is 96.5 Å². The summed E-state index contributed by atoms with van der Waals surface area (Å²) in [5.41, 5.74) is 5.80. The van der Waals surface area contributed by atoms with Crippen molar-refractivity contribution in [1.29, 1.82) is 0 Å². The Morgan fingerprint density at radius 2 is 1.80 bits per heavy atom. The molecule has 0 saturated heterocycles. The number of carbonyl (C=O) groups is 2. The van der Waals surface area contributed by atoms with Crippen LogP contribution in [-0.4, -0.2) is 11.9 Å². The van der Waals surface area contributed by atoms with Crippen LogP contribution in [0, 0.1) is 13.8 Å². The predicted molar refractivity (Wildman–Crippen MR) is 91.9 cm³/mol. The zero-order valence-electron chi connectivity index (χ0n) is 14.2. The largest absolute Gasteiger partial charge is 0.466 e. The summed E-state index contributed by atoms with van der Waals surface area (Å²) >= 11 is 0. The van der Waals surface area contributed by atoms with Crippen LogP contribution in [0.25, 0.3) is 11.0 Å². The lowest BCUT2D eigenvalue weighted by atomic mass is 10.2. The second kappa shape index (κ2) is 6.72. The molecule has 1 aromatic carbocycles. The summed E-state index contributed by atoms with van der Waals surface area (Å²) in [6, 6.07) is 10.2. The first-order valence-electron chi connectivity index (χ1n) is 7.86. The van der Waals surface area contributed by atoms with Crippen LogP contribution in [-0.2, 0) is 0 Å². The van der Waals surface area contributed by atoms with Gasteiger partial charge in [0.15, 0.2) is 0 Å². The quantitative estimate of drug-likeness (QED) is 0.637. The van der Waals surface area contributed by atoms with Crippen molar-refractivity contribution in [2.75, 3.05) is 0 Å². The molecule has 1 unspecified atom stereocenters. The minimum Gasteiger partial charge on any atom is -0.466 e. The summed E-state index contributed by atoms with van der Waals surface area (Å²) in [6.07, 6.45) is 0. The van der Waals surface area contributed by atoms with E-state index in [1.807, 2.05) is 30.3 Å². The Morgan fingerprint density at radius 3 is 2.48 bits per heavy atom. The number of hydrogen-bond donors (Lipinski definition) is 3. The minimum atomic E-state index is -0.542. The fourth-order valence-corrected chi connectivity index (χ4v) is 2.56. The van der Waals surface area contributed by atoms with Crippen molar-refractivity contribution in [2.45, 2.75) is 26.8 Å². The highest BCUT2D eigenvalue weighted by Gasteiger charge is 2.16. The maximum atomic E-state index is 12.0. The number of carbonyl (C=O) groups excluding carboxylic acids is 2. The third kappa shape index (κ3) is 3.65. The molecule has 3 aromatic rings. The smallest absolute Gasteiger partial charge is 0.334 e. The zero-order chi connectivity index (χ0) is 18.0. The molecule has 7 nitrogen and oxygen atoms in total. The van der Waals surface area contributed by atoms with Crippen molar-refractivity contribution in [3.63, 3.8) is 0 Å². The van der Waals surface area contributed by atoms with Gasteiger partial charge in [-0.25, -0.2) is 10.2 Å². The highest BCUT2D eigenvalue weighted by atomic mass is 16.3. The number of aryl methyl sites for hydroxylation is 2. The Morgan fingerprint density at radius 1 is 1.04 bits per heavy atom. The van der Waals surface area contributed by atoms with E-state index in [1.54, 1.807) is 26.8 Å². The van der Waals surface area contributed by atoms with Crippen LogP contribution in [0.1, 0.15) is 40.6 Å². The van der Waals surface area contributed by atoms with Gasteiger partial charge in [-0.3, -0.25) is 10.2 Å². The Balaban J connectivity index is 1.56. The molecule has 0 aliphatic rings. The van der Waals surface area contributed by atoms with Crippen LogP contribution in [0.3, 0.4) is 0 Å². The average molecular weight is 341 g/mol. The number of rotatable bonds is 3. The Bertz CT molecular complexity index is 892. The molecule has 0 saturated carbocycles. The second-order valence-electron chi connectivity index (χ2n) is 5.79. The molecule has 7 heteroatoms. The summed E-state index contributed by atoms with van der Waals surface area (Å²) in [5, 5.41) is 3.67. The standard InChI is InChI=1S/C18H19N3O4/c1-10-8-14(12(3)24-10)17(22)20-21-18(23)19-11(2)16-9-13-6-4-5-7-15(13)25-16/h4-9,11H,1-3H3,(H,20,22)(H2,19,21,23). The van der Waals surface area contributed by atoms with E-state index in [-0.39, 0.29) is 6.04 Å². The number of para-hydroxylation sites is 1. The van der Waals surface area contributed by atoms with Crippen LogP contribution in [0.2, 0.25) is 0 Å². The molecule has 0 fully saturated rings. The van der Waals surface area contributed by atoms with Crippen molar-refractivity contribution in [1.82, 2.24) is 16.2 Å². The normalized spacial score (nSPS) is 12.0. The van der Waals surface area contributed by atoms with E-state index in [1.165, 1.54) is 0 Å². The predicted octanol–water partition coefficient (Wildman–Crippen LogP) is 3.35. The number of amides is 3. The third-order valence-electron chi connectivity index (χ3n) is 3.79. The van der Waals surface area contributed by atoms with Crippen LogP contribution >= 0.6 is 0 Å². The highest BCUT2D eigenvalue weighted by molar-refractivity contribution is 5.96. The third-order valence-corrected chi connectivity index (χ3v) is 3.79. The fraction of sp³-hybridized carbons (Fsp3) is 0.222. The molecular formula is C18H19N3O4. The van der Waals surface area contributed by atoms with E-state index in [2.05, 4.69) is 16.2 Å². The van der Waals surface area contributed by atoms with E-state index in [0.29, 0.717) is 22.8 Å². The van der Waals surface area contributed by atoms with Gasteiger partial charge in [0.25, 0.3) is 5.91 Å². The van der Waals surface area contributed by atoms with Gasteiger partial charge < -0.3 is 14.2 Å². The van der Waals surface area contributed by atoms with Crippen molar-refractivity contribution < 1.29 is 18.4 Å².